The number of carboxylic acid groups (broad SMARTS) is 1. The normalized spacial score (nSPS) is 18.4. The van der Waals surface area contributed by atoms with Crippen molar-refractivity contribution in [3.63, 3.8) is 0 Å². The number of para-hydroxylation sites is 1. The van der Waals surface area contributed by atoms with Crippen LogP contribution in [0.3, 0.4) is 0 Å². The molecule has 2 heterocycles. The Balaban J connectivity index is 1.72. The van der Waals surface area contributed by atoms with Crippen LogP contribution in [0.1, 0.15) is 113 Å². The van der Waals surface area contributed by atoms with Gasteiger partial charge in [0.15, 0.2) is 18.4 Å². The molecule has 30 nitrogen and oxygen atoms in total. The molecule has 1 saturated heterocycles. The molecule has 494 valence electrons. The molecule has 8 amide bonds. The summed E-state index contributed by atoms with van der Waals surface area (Å²) in [5.41, 5.74) is 5.80. The van der Waals surface area contributed by atoms with Gasteiger partial charge in [0.05, 0.1) is 25.4 Å². The molecule has 0 saturated carbocycles. The van der Waals surface area contributed by atoms with Crippen molar-refractivity contribution in [1.29, 1.82) is 0 Å². The summed E-state index contributed by atoms with van der Waals surface area (Å²) in [4.78, 5) is 177. The molecule has 0 spiro atoms. The fraction of sp³-hybridized carbons (Fsp3) is 0.550. The smallest absolute Gasteiger partial charge is 0.407 e. The summed E-state index contributed by atoms with van der Waals surface area (Å²) in [7, 11) is 0. The number of H-pyrrole nitrogens is 1. The second kappa shape index (κ2) is 33.4. The number of benzene rings is 2. The monoisotopic (exact) mass is 1260 g/mol. The van der Waals surface area contributed by atoms with Crippen LogP contribution < -0.4 is 48.3 Å². The van der Waals surface area contributed by atoms with E-state index in [0.717, 1.165) is 27.7 Å². The number of aromatic nitrogens is 1. The summed E-state index contributed by atoms with van der Waals surface area (Å²) in [6.45, 7) is 15.9. The first-order chi connectivity index (χ1) is 42.0. The van der Waals surface area contributed by atoms with E-state index >= 15 is 4.79 Å². The number of carbonyl (C=O) groups excluding carboxylic acids is 12. The first-order valence-corrected chi connectivity index (χ1v) is 29.0. The Bertz CT molecular complexity index is 3070. The van der Waals surface area contributed by atoms with Crippen LogP contribution in [0.4, 0.5) is 4.79 Å². The van der Waals surface area contributed by atoms with Crippen molar-refractivity contribution < 1.29 is 95.9 Å². The number of rotatable bonds is 29. The molecular formula is C60H84N10O20. The average Bonchev–Trinajstić information content (AvgIpc) is 0.900. The second-order valence-corrected chi connectivity index (χ2v) is 23.9. The Hall–Kier alpha value is -9.19. The van der Waals surface area contributed by atoms with Crippen molar-refractivity contribution in [3.8, 4) is 0 Å². The van der Waals surface area contributed by atoms with Gasteiger partial charge < -0.3 is 86.8 Å². The number of esters is 4. The molecule has 3 aromatic rings. The van der Waals surface area contributed by atoms with Crippen molar-refractivity contribution in [2.24, 2.45) is 11.7 Å². The van der Waals surface area contributed by atoms with Crippen LogP contribution in [0.2, 0.25) is 0 Å². The van der Waals surface area contributed by atoms with Crippen LogP contribution in [0.15, 0.2) is 60.8 Å². The summed E-state index contributed by atoms with van der Waals surface area (Å²) >= 11 is 0. The number of fused-ring (bicyclic) bond motifs is 1. The van der Waals surface area contributed by atoms with Gasteiger partial charge >= 0.3 is 35.9 Å². The summed E-state index contributed by atoms with van der Waals surface area (Å²) in [5, 5.41) is 30.6. The largest absolute Gasteiger partial charge is 0.480 e. The van der Waals surface area contributed by atoms with Crippen molar-refractivity contribution >= 4 is 88.2 Å². The standard InChI is InChI=1S/C60H84N10O20/c1-30(2)22-43(57(82)83)68-55(81)44(28-63-58(84)90-60(10,11)12)69-52(78)40(23-35-18-14-13-15-19-35)66-53(79)41(24-36-27-62-39-21-17-16-20-37(36)39)67-54(80)42(26-47(76)89-59(7,8)9)65-51(77)38(61)25-46(75)70-56-48(64-31(3)71)50(87-34(6)74)49(86-33(5)73)45(88-56)29-85-32(4)72/h13-21,27,30,38,40-45,48-50,56,62H,22-26,28-29,61H2,1-12H3,(H,63,84)(H,64,71)(H,65,77)(H,66,79)(H,67,80)(H,68,81)(H,69,78)(H,70,75)(H,82,83)/t38-,40-,41-,42-,43-,44+,45+,48+,49+,50+,56+/m0/s1. The minimum Gasteiger partial charge on any atom is -0.480 e. The highest BCUT2D eigenvalue weighted by Crippen LogP contribution is 2.27. The number of hydrogen-bond donors (Lipinski definition) is 11. The molecule has 12 N–H and O–H groups in total. The molecular weight excluding hydrogens is 1180 g/mol. The molecule has 0 unspecified atom stereocenters. The Labute approximate surface area is 519 Å². The number of nitrogens with one attached hydrogen (secondary N) is 9. The van der Waals surface area contributed by atoms with Gasteiger partial charge in [-0.15, -0.1) is 0 Å². The molecule has 90 heavy (non-hydrogen) atoms. The number of alkyl carbamates (subject to hydrolysis) is 1. The van der Waals surface area contributed by atoms with Gasteiger partial charge in [0.25, 0.3) is 0 Å². The van der Waals surface area contributed by atoms with Gasteiger partial charge in [0.2, 0.25) is 41.4 Å². The summed E-state index contributed by atoms with van der Waals surface area (Å²) < 4.78 is 32.8. The van der Waals surface area contributed by atoms with Gasteiger partial charge in [0, 0.05) is 57.6 Å². The topological polar surface area (TPSA) is 436 Å². The highest BCUT2D eigenvalue weighted by atomic mass is 16.6. The zero-order chi connectivity index (χ0) is 67.4. The van der Waals surface area contributed by atoms with Crippen LogP contribution in [-0.4, -0.2) is 179 Å². The van der Waals surface area contributed by atoms with E-state index in [9.17, 15) is 62.6 Å². The van der Waals surface area contributed by atoms with Crippen LogP contribution in [0, 0.1) is 5.92 Å². The third-order valence-electron chi connectivity index (χ3n) is 13.0. The molecule has 0 radical (unpaired) electrons. The third kappa shape index (κ3) is 24.8. The zero-order valence-electron chi connectivity index (χ0n) is 52.4. The lowest BCUT2D eigenvalue weighted by Gasteiger charge is -2.45. The minimum absolute atomic E-state index is 0.00487. The average molecular weight is 1270 g/mol. The van der Waals surface area contributed by atoms with Gasteiger partial charge in [-0.1, -0.05) is 62.4 Å². The quantitative estimate of drug-likeness (QED) is 0.0328. The fourth-order valence-electron chi connectivity index (χ4n) is 9.28. The number of aromatic amines is 1. The first kappa shape index (κ1) is 73.3. The van der Waals surface area contributed by atoms with Gasteiger partial charge in [0.1, 0.15) is 60.2 Å². The van der Waals surface area contributed by atoms with Gasteiger partial charge in [-0.25, -0.2) is 9.59 Å². The molecule has 1 aliphatic rings. The number of hydrogen-bond acceptors (Lipinski definition) is 20. The van der Waals surface area contributed by atoms with E-state index in [-0.39, 0.29) is 25.2 Å². The molecule has 1 aliphatic heterocycles. The Morgan fingerprint density at radius 3 is 1.72 bits per heavy atom. The van der Waals surface area contributed by atoms with E-state index < -0.39 is 181 Å². The predicted molar refractivity (Wildman–Crippen MR) is 318 cm³/mol. The van der Waals surface area contributed by atoms with Gasteiger partial charge in [-0.05, 0) is 71.1 Å². The number of carbonyl (C=O) groups is 13. The van der Waals surface area contributed by atoms with Crippen LogP contribution in [0.5, 0.6) is 0 Å². The van der Waals surface area contributed by atoms with E-state index in [1.807, 2.05) is 0 Å². The number of nitrogens with two attached hydrogens (primary N) is 1. The van der Waals surface area contributed by atoms with E-state index in [2.05, 4.69) is 47.5 Å². The zero-order valence-corrected chi connectivity index (χ0v) is 52.4. The summed E-state index contributed by atoms with van der Waals surface area (Å²) in [5.74, 6) is -12.3. The fourth-order valence-corrected chi connectivity index (χ4v) is 9.28. The summed E-state index contributed by atoms with van der Waals surface area (Å²) in [6.07, 6.45) is -7.87. The molecule has 1 aromatic heterocycles. The second-order valence-electron chi connectivity index (χ2n) is 23.9. The van der Waals surface area contributed by atoms with E-state index in [4.69, 9.17) is 34.2 Å². The van der Waals surface area contributed by atoms with Crippen LogP contribution in [0.25, 0.3) is 10.9 Å². The molecule has 11 atom stereocenters. The first-order valence-electron chi connectivity index (χ1n) is 29.0. The molecule has 0 bridgehead atoms. The Kier molecular flexibility index (Phi) is 27.2. The number of carboxylic acids is 1. The molecule has 30 heteroatoms. The van der Waals surface area contributed by atoms with E-state index in [1.54, 1.807) is 116 Å². The highest BCUT2D eigenvalue weighted by molar-refractivity contribution is 5.99. The maximum Gasteiger partial charge on any atom is 0.407 e. The van der Waals surface area contributed by atoms with Crippen molar-refractivity contribution in [3.05, 3.63) is 71.9 Å². The lowest BCUT2D eigenvalue weighted by molar-refractivity contribution is -0.228. The molecule has 0 aliphatic carbocycles. The molecule has 4 rings (SSSR count). The number of amides is 8. The Morgan fingerprint density at radius 2 is 1.16 bits per heavy atom. The van der Waals surface area contributed by atoms with E-state index in [0.29, 0.717) is 22.0 Å². The highest BCUT2D eigenvalue weighted by Gasteiger charge is 2.51. The number of ether oxygens (including phenoxy) is 6. The lowest BCUT2D eigenvalue weighted by atomic mass is 9.95. The molecule has 2 aromatic carbocycles. The van der Waals surface area contributed by atoms with Crippen molar-refractivity contribution in [2.75, 3.05) is 13.2 Å². The summed E-state index contributed by atoms with van der Waals surface area (Å²) in [6, 6.07) is 3.73. The van der Waals surface area contributed by atoms with Gasteiger partial charge in [-0.3, -0.25) is 52.7 Å². The van der Waals surface area contributed by atoms with Crippen LogP contribution in [-0.2, 0) is 98.8 Å². The van der Waals surface area contributed by atoms with Gasteiger partial charge in [-0.2, -0.15) is 0 Å². The number of aliphatic carboxylic acids is 1. The van der Waals surface area contributed by atoms with Crippen molar-refractivity contribution in [2.45, 2.75) is 193 Å². The molecule has 1 fully saturated rings. The van der Waals surface area contributed by atoms with Crippen molar-refractivity contribution in [1.82, 2.24) is 47.5 Å². The minimum atomic E-state index is -1.90. The SMILES string of the molecule is CC(=O)N[C@@H]1[C@@H](OC(C)=O)[C@H](OC(C)=O)[C@@H](COC(C)=O)O[C@H]1NC(=O)C[C@H](N)C(=O)N[C@@H](CC(=O)OC(C)(C)C)C(=O)N[C@@H](Cc1c[nH]c2ccccc12)C(=O)N[C@@H](Cc1ccccc1)C(=O)N[C@H](CNC(=O)OC(C)(C)C)C(=O)N[C@@H](CC(C)C)C(=O)O. The third-order valence-corrected chi connectivity index (χ3v) is 13.0. The lowest BCUT2D eigenvalue weighted by Crippen LogP contribution is -2.69. The van der Waals surface area contributed by atoms with E-state index in [1.165, 1.54) is 0 Å². The predicted octanol–water partition coefficient (Wildman–Crippen LogP) is 0.254. The Morgan fingerprint density at radius 1 is 0.622 bits per heavy atom. The maximum absolute atomic E-state index is 15.0. The maximum atomic E-state index is 15.0. The van der Waals surface area contributed by atoms with Crippen LogP contribution >= 0.6 is 0 Å².